The lowest BCUT2D eigenvalue weighted by atomic mass is 10.3. The molecule has 0 aliphatic carbocycles. The number of carbonyl (C=O) groups excluding carboxylic acids is 2. The molecule has 2 amide bonds. The summed E-state index contributed by atoms with van der Waals surface area (Å²) in [6.07, 6.45) is 0.860. The number of nitrogens with zero attached hydrogens (tertiary/aromatic N) is 2. The van der Waals surface area contributed by atoms with Crippen molar-refractivity contribution in [1.82, 2.24) is 9.80 Å². The largest absolute Gasteiger partial charge is 0.343 e. The molecule has 0 atom stereocenters. The molecule has 0 unspecified atom stereocenters. The number of carbonyl (C=O) groups is 2. The van der Waals surface area contributed by atoms with Gasteiger partial charge >= 0.3 is 0 Å². The first-order chi connectivity index (χ1) is 9.19. The number of nitrogens with one attached hydrogen (secondary N) is 1. The van der Waals surface area contributed by atoms with Crippen LogP contribution in [-0.2, 0) is 9.59 Å². The number of para-hydroxylation sites is 1. The summed E-state index contributed by atoms with van der Waals surface area (Å²) in [4.78, 5) is 26.3. The lowest BCUT2D eigenvalue weighted by molar-refractivity contribution is -0.120. The normalized spacial score (nSPS) is 16.2. The Labute approximate surface area is 120 Å². The van der Waals surface area contributed by atoms with Gasteiger partial charge in [-0.3, -0.25) is 14.5 Å². The van der Waals surface area contributed by atoms with Crippen LogP contribution in [0.25, 0.3) is 0 Å². The molecular formula is C13H16BrN3O2. The molecule has 1 aromatic rings. The predicted molar refractivity (Wildman–Crippen MR) is 76.8 cm³/mol. The van der Waals surface area contributed by atoms with Crippen molar-refractivity contribution in [2.75, 3.05) is 38.0 Å². The molecule has 1 heterocycles. The molecule has 1 aromatic carbocycles. The van der Waals surface area contributed by atoms with E-state index in [1.54, 1.807) is 4.90 Å². The van der Waals surface area contributed by atoms with Crippen LogP contribution in [0.5, 0.6) is 0 Å². The molecule has 1 fully saturated rings. The number of piperazine rings is 1. The molecule has 1 saturated heterocycles. The Bertz CT molecular complexity index is 459. The van der Waals surface area contributed by atoms with Gasteiger partial charge in [-0.1, -0.05) is 12.1 Å². The smallest absolute Gasteiger partial charge is 0.238 e. The second-order valence-corrected chi connectivity index (χ2v) is 5.30. The zero-order chi connectivity index (χ0) is 13.7. The molecule has 0 spiro atoms. The van der Waals surface area contributed by atoms with Crippen molar-refractivity contribution in [2.45, 2.75) is 0 Å². The zero-order valence-corrected chi connectivity index (χ0v) is 12.1. The molecule has 1 aliphatic heterocycles. The quantitative estimate of drug-likeness (QED) is 0.845. The van der Waals surface area contributed by atoms with Crippen LogP contribution in [0.2, 0.25) is 0 Å². The Morgan fingerprint density at radius 2 is 1.95 bits per heavy atom. The summed E-state index contributed by atoms with van der Waals surface area (Å²) in [5, 5.41) is 2.87. The van der Waals surface area contributed by atoms with E-state index in [0.717, 1.165) is 29.7 Å². The first kappa shape index (κ1) is 14.0. The highest BCUT2D eigenvalue weighted by molar-refractivity contribution is 9.10. The van der Waals surface area contributed by atoms with Crippen LogP contribution in [-0.4, -0.2) is 54.8 Å². The summed E-state index contributed by atoms with van der Waals surface area (Å²) in [6, 6.07) is 7.52. The van der Waals surface area contributed by atoms with E-state index in [2.05, 4.69) is 21.2 Å². The highest BCUT2D eigenvalue weighted by Gasteiger charge is 2.17. The molecule has 2 rings (SSSR count). The SMILES string of the molecule is O=CN1CCN(CC(=O)Nc2ccccc2Br)CC1. The topological polar surface area (TPSA) is 52.7 Å². The highest BCUT2D eigenvalue weighted by atomic mass is 79.9. The van der Waals surface area contributed by atoms with Crippen LogP contribution in [0.3, 0.4) is 0 Å². The molecule has 1 N–H and O–H groups in total. The maximum Gasteiger partial charge on any atom is 0.238 e. The van der Waals surface area contributed by atoms with Gasteiger partial charge in [0.2, 0.25) is 12.3 Å². The summed E-state index contributed by atoms with van der Waals surface area (Å²) in [5.74, 6) is -0.0357. The van der Waals surface area contributed by atoms with Crippen LogP contribution in [0.1, 0.15) is 0 Å². The lowest BCUT2D eigenvalue weighted by Gasteiger charge is -2.31. The standard InChI is InChI=1S/C13H16BrN3O2/c14-11-3-1-2-4-12(11)15-13(19)9-16-5-7-17(10-18)8-6-16/h1-4,10H,5-9H2,(H,15,19). The monoisotopic (exact) mass is 325 g/mol. The van der Waals surface area contributed by atoms with E-state index in [4.69, 9.17) is 0 Å². The average molecular weight is 326 g/mol. The van der Waals surface area contributed by atoms with Crippen molar-refractivity contribution in [1.29, 1.82) is 0 Å². The van der Waals surface area contributed by atoms with Crippen molar-refractivity contribution >= 4 is 33.9 Å². The molecule has 0 saturated carbocycles. The average Bonchev–Trinajstić information content (AvgIpc) is 2.42. The molecule has 0 bridgehead atoms. The van der Waals surface area contributed by atoms with Crippen LogP contribution in [0.4, 0.5) is 5.69 Å². The van der Waals surface area contributed by atoms with Crippen LogP contribution >= 0.6 is 15.9 Å². The van der Waals surface area contributed by atoms with Gasteiger partial charge in [0.25, 0.3) is 0 Å². The number of hydrogen-bond donors (Lipinski definition) is 1. The summed E-state index contributed by atoms with van der Waals surface area (Å²) in [6.45, 7) is 3.20. The second-order valence-electron chi connectivity index (χ2n) is 4.45. The summed E-state index contributed by atoms with van der Waals surface area (Å²) >= 11 is 3.39. The van der Waals surface area contributed by atoms with E-state index in [9.17, 15) is 9.59 Å². The highest BCUT2D eigenvalue weighted by Crippen LogP contribution is 2.21. The predicted octanol–water partition coefficient (Wildman–Crippen LogP) is 1.16. The number of amides is 2. The third kappa shape index (κ3) is 4.04. The first-order valence-corrected chi connectivity index (χ1v) is 6.94. The Morgan fingerprint density at radius 3 is 2.58 bits per heavy atom. The molecule has 0 aromatic heterocycles. The minimum absolute atomic E-state index is 0.0357. The fourth-order valence-corrected chi connectivity index (χ4v) is 2.37. The van der Waals surface area contributed by atoms with Gasteiger partial charge in [-0.25, -0.2) is 0 Å². The van der Waals surface area contributed by atoms with E-state index in [1.807, 2.05) is 29.2 Å². The van der Waals surface area contributed by atoms with Crippen molar-refractivity contribution in [3.8, 4) is 0 Å². The van der Waals surface area contributed by atoms with Crippen LogP contribution in [0.15, 0.2) is 28.7 Å². The summed E-state index contributed by atoms with van der Waals surface area (Å²) in [7, 11) is 0. The van der Waals surface area contributed by atoms with E-state index in [1.165, 1.54) is 0 Å². The van der Waals surface area contributed by atoms with Gasteiger partial charge in [-0.2, -0.15) is 0 Å². The van der Waals surface area contributed by atoms with Gasteiger partial charge in [0.1, 0.15) is 0 Å². The fraction of sp³-hybridized carbons (Fsp3) is 0.385. The fourth-order valence-electron chi connectivity index (χ4n) is 1.98. The number of rotatable bonds is 4. The van der Waals surface area contributed by atoms with Crippen molar-refractivity contribution in [3.63, 3.8) is 0 Å². The Morgan fingerprint density at radius 1 is 1.26 bits per heavy atom. The molecule has 5 nitrogen and oxygen atoms in total. The van der Waals surface area contributed by atoms with E-state index >= 15 is 0 Å². The van der Waals surface area contributed by atoms with Gasteiger partial charge in [0, 0.05) is 30.7 Å². The first-order valence-electron chi connectivity index (χ1n) is 6.15. The number of anilines is 1. The summed E-state index contributed by atoms with van der Waals surface area (Å²) in [5.41, 5.74) is 0.777. The number of halogens is 1. The maximum atomic E-state index is 11.9. The van der Waals surface area contributed by atoms with Gasteiger partial charge in [0.15, 0.2) is 0 Å². The number of benzene rings is 1. The minimum atomic E-state index is -0.0357. The molecule has 19 heavy (non-hydrogen) atoms. The molecule has 6 heteroatoms. The van der Waals surface area contributed by atoms with Crippen LogP contribution in [0, 0.1) is 0 Å². The summed E-state index contributed by atoms with van der Waals surface area (Å²) < 4.78 is 0.870. The zero-order valence-electron chi connectivity index (χ0n) is 10.5. The van der Waals surface area contributed by atoms with Gasteiger partial charge < -0.3 is 10.2 Å². The maximum absolute atomic E-state index is 11.9. The van der Waals surface area contributed by atoms with E-state index in [0.29, 0.717) is 19.6 Å². The van der Waals surface area contributed by atoms with Gasteiger partial charge in [-0.15, -0.1) is 0 Å². The van der Waals surface area contributed by atoms with Crippen LogP contribution < -0.4 is 5.32 Å². The lowest BCUT2D eigenvalue weighted by Crippen LogP contribution is -2.48. The van der Waals surface area contributed by atoms with Gasteiger partial charge in [-0.05, 0) is 28.1 Å². The van der Waals surface area contributed by atoms with E-state index in [-0.39, 0.29) is 5.91 Å². The van der Waals surface area contributed by atoms with Crippen molar-refractivity contribution in [3.05, 3.63) is 28.7 Å². The van der Waals surface area contributed by atoms with Crippen molar-refractivity contribution in [2.24, 2.45) is 0 Å². The molecule has 0 radical (unpaired) electrons. The number of hydrogen-bond acceptors (Lipinski definition) is 3. The Kier molecular flexibility index (Phi) is 4.93. The third-order valence-electron chi connectivity index (χ3n) is 3.07. The second kappa shape index (κ2) is 6.68. The molecule has 102 valence electrons. The minimum Gasteiger partial charge on any atom is -0.343 e. The third-order valence-corrected chi connectivity index (χ3v) is 3.76. The Hall–Kier alpha value is -1.40. The molecule has 1 aliphatic rings. The van der Waals surface area contributed by atoms with Gasteiger partial charge in [0.05, 0.1) is 12.2 Å². The van der Waals surface area contributed by atoms with Crippen molar-refractivity contribution < 1.29 is 9.59 Å². The Balaban J connectivity index is 1.82. The molecular weight excluding hydrogens is 310 g/mol. The van der Waals surface area contributed by atoms with E-state index < -0.39 is 0 Å².